The van der Waals surface area contributed by atoms with Crippen LogP contribution >= 0.6 is 0 Å². The summed E-state index contributed by atoms with van der Waals surface area (Å²) < 4.78 is 0. The van der Waals surface area contributed by atoms with E-state index >= 15 is 0 Å². The monoisotopic (exact) mass is 260 g/mol. The average molecular weight is 260 g/mol. The second-order valence-electron chi connectivity index (χ2n) is 6.16. The van der Waals surface area contributed by atoms with Crippen molar-refractivity contribution in [3.63, 3.8) is 0 Å². The third-order valence-corrected chi connectivity index (χ3v) is 3.11. The Labute approximate surface area is 115 Å². The first-order valence-electron chi connectivity index (χ1n) is 6.95. The first kappa shape index (κ1) is 14.0. The highest BCUT2D eigenvalue weighted by molar-refractivity contribution is 5.41. The van der Waals surface area contributed by atoms with E-state index in [1.54, 1.807) is 0 Å². The molecule has 2 rings (SSSR count). The van der Waals surface area contributed by atoms with Gasteiger partial charge >= 0.3 is 0 Å². The van der Waals surface area contributed by atoms with Gasteiger partial charge in [-0.3, -0.25) is 0 Å². The van der Waals surface area contributed by atoms with Gasteiger partial charge in [0.05, 0.1) is 5.69 Å². The SMILES string of the molecule is C=CCN(c1ccc(CNC(C)(C)C)nn1)C1CC1. The van der Waals surface area contributed by atoms with Gasteiger partial charge in [-0.25, -0.2) is 0 Å². The van der Waals surface area contributed by atoms with Crippen molar-refractivity contribution in [2.75, 3.05) is 11.4 Å². The number of nitrogens with one attached hydrogen (secondary N) is 1. The summed E-state index contributed by atoms with van der Waals surface area (Å²) in [6, 6.07) is 4.75. The Hall–Kier alpha value is -1.42. The molecule has 0 saturated heterocycles. The second-order valence-corrected chi connectivity index (χ2v) is 6.16. The third kappa shape index (κ3) is 4.31. The van der Waals surface area contributed by atoms with Gasteiger partial charge in [-0.05, 0) is 45.7 Å². The number of aromatic nitrogens is 2. The topological polar surface area (TPSA) is 41.0 Å². The van der Waals surface area contributed by atoms with Crippen LogP contribution in [-0.2, 0) is 6.54 Å². The van der Waals surface area contributed by atoms with E-state index in [2.05, 4.69) is 59.9 Å². The van der Waals surface area contributed by atoms with Crippen LogP contribution in [0.5, 0.6) is 0 Å². The van der Waals surface area contributed by atoms with E-state index in [0.29, 0.717) is 6.04 Å². The van der Waals surface area contributed by atoms with Gasteiger partial charge in [0, 0.05) is 24.7 Å². The summed E-state index contributed by atoms with van der Waals surface area (Å²) in [4.78, 5) is 2.28. The molecular formula is C15H24N4. The maximum atomic E-state index is 4.35. The highest BCUT2D eigenvalue weighted by Crippen LogP contribution is 2.30. The lowest BCUT2D eigenvalue weighted by Gasteiger charge is -2.22. The second kappa shape index (κ2) is 5.70. The minimum absolute atomic E-state index is 0.100. The molecule has 0 radical (unpaired) electrons. The van der Waals surface area contributed by atoms with E-state index < -0.39 is 0 Å². The Balaban J connectivity index is 1.98. The number of anilines is 1. The number of nitrogens with zero attached hydrogens (tertiary/aromatic N) is 3. The van der Waals surface area contributed by atoms with Crippen LogP contribution in [0.25, 0.3) is 0 Å². The summed E-state index contributed by atoms with van der Waals surface area (Å²) >= 11 is 0. The van der Waals surface area contributed by atoms with Crippen molar-refractivity contribution >= 4 is 5.82 Å². The normalized spacial score (nSPS) is 15.3. The fourth-order valence-electron chi connectivity index (χ4n) is 1.91. The van der Waals surface area contributed by atoms with E-state index in [1.807, 2.05) is 6.08 Å². The van der Waals surface area contributed by atoms with Gasteiger partial charge in [-0.2, -0.15) is 5.10 Å². The van der Waals surface area contributed by atoms with Gasteiger partial charge < -0.3 is 10.2 Å². The summed E-state index contributed by atoms with van der Waals surface area (Å²) in [6.45, 7) is 11.8. The van der Waals surface area contributed by atoms with Crippen molar-refractivity contribution in [1.82, 2.24) is 15.5 Å². The molecule has 1 aromatic rings. The van der Waals surface area contributed by atoms with Crippen LogP contribution in [0.1, 0.15) is 39.3 Å². The molecule has 1 aromatic heterocycles. The maximum Gasteiger partial charge on any atom is 0.151 e. The molecule has 0 unspecified atom stereocenters. The molecule has 1 aliphatic carbocycles. The molecule has 4 nitrogen and oxygen atoms in total. The smallest absolute Gasteiger partial charge is 0.151 e. The summed E-state index contributed by atoms with van der Waals surface area (Å²) in [6.07, 6.45) is 4.43. The predicted molar refractivity (Wildman–Crippen MR) is 79.2 cm³/mol. The van der Waals surface area contributed by atoms with E-state index in [1.165, 1.54) is 12.8 Å². The standard InChI is InChI=1S/C15H24N4/c1-5-10-19(13-7-8-13)14-9-6-12(17-18-14)11-16-15(2,3)4/h5-6,9,13,16H,1,7-8,10-11H2,2-4H3. The molecule has 0 amide bonds. The van der Waals surface area contributed by atoms with Crippen molar-refractivity contribution in [1.29, 1.82) is 0 Å². The summed E-state index contributed by atoms with van der Waals surface area (Å²) in [5.41, 5.74) is 1.08. The number of rotatable bonds is 6. The fraction of sp³-hybridized carbons (Fsp3) is 0.600. The Morgan fingerprint density at radius 3 is 2.58 bits per heavy atom. The lowest BCUT2D eigenvalue weighted by atomic mass is 10.1. The molecule has 1 fully saturated rings. The van der Waals surface area contributed by atoms with Gasteiger partial charge in [0.15, 0.2) is 5.82 Å². The van der Waals surface area contributed by atoms with Crippen molar-refractivity contribution in [2.24, 2.45) is 0 Å². The molecule has 1 aliphatic rings. The zero-order valence-electron chi connectivity index (χ0n) is 12.2. The van der Waals surface area contributed by atoms with Crippen LogP contribution < -0.4 is 10.2 Å². The highest BCUT2D eigenvalue weighted by atomic mass is 15.3. The lowest BCUT2D eigenvalue weighted by molar-refractivity contribution is 0.420. The van der Waals surface area contributed by atoms with Crippen LogP contribution in [0.3, 0.4) is 0 Å². The molecule has 0 spiro atoms. The maximum absolute atomic E-state index is 4.35. The molecule has 1 N–H and O–H groups in total. The quantitative estimate of drug-likeness (QED) is 0.798. The Morgan fingerprint density at radius 2 is 2.11 bits per heavy atom. The van der Waals surface area contributed by atoms with Crippen LogP contribution in [0.15, 0.2) is 24.8 Å². The van der Waals surface area contributed by atoms with Crippen LogP contribution in [0, 0.1) is 0 Å². The zero-order chi connectivity index (χ0) is 13.9. The minimum Gasteiger partial charge on any atom is -0.348 e. The molecule has 0 aromatic carbocycles. The largest absolute Gasteiger partial charge is 0.348 e. The molecule has 19 heavy (non-hydrogen) atoms. The van der Waals surface area contributed by atoms with Crippen molar-refractivity contribution < 1.29 is 0 Å². The highest BCUT2D eigenvalue weighted by Gasteiger charge is 2.29. The molecule has 0 atom stereocenters. The van der Waals surface area contributed by atoms with E-state index in [9.17, 15) is 0 Å². The van der Waals surface area contributed by atoms with Crippen molar-refractivity contribution in [3.05, 3.63) is 30.5 Å². The molecule has 0 bridgehead atoms. The van der Waals surface area contributed by atoms with Crippen LogP contribution in [0.4, 0.5) is 5.82 Å². The molecule has 4 heteroatoms. The van der Waals surface area contributed by atoms with Gasteiger partial charge in [-0.1, -0.05) is 6.08 Å². The molecular weight excluding hydrogens is 236 g/mol. The Kier molecular flexibility index (Phi) is 4.20. The third-order valence-electron chi connectivity index (χ3n) is 3.11. The first-order valence-corrected chi connectivity index (χ1v) is 6.95. The van der Waals surface area contributed by atoms with Gasteiger partial charge in [0.2, 0.25) is 0 Å². The van der Waals surface area contributed by atoms with Crippen LogP contribution in [0.2, 0.25) is 0 Å². The van der Waals surface area contributed by atoms with Crippen LogP contribution in [-0.4, -0.2) is 28.3 Å². The molecule has 0 aliphatic heterocycles. The Morgan fingerprint density at radius 1 is 1.37 bits per heavy atom. The molecule has 1 saturated carbocycles. The van der Waals surface area contributed by atoms with E-state index in [4.69, 9.17) is 0 Å². The summed E-state index contributed by atoms with van der Waals surface area (Å²) in [5.74, 6) is 0.960. The van der Waals surface area contributed by atoms with Crippen molar-refractivity contribution in [2.45, 2.75) is 51.7 Å². The lowest BCUT2D eigenvalue weighted by Crippen LogP contribution is -2.35. The zero-order valence-corrected chi connectivity index (χ0v) is 12.2. The predicted octanol–water partition coefficient (Wildman–Crippen LogP) is 2.52. The van der Waals surface area contributed by atoms with E-state index in [-0.39, 0.29) is 5.54 Å². The fourth-order valence-corrected chi connectivity index (χ4v) is 1.91. The summed E-state index contributed by atoms with van der Waals surface area (Å²) in [7, 11) is 0. The van der Waals surface area contributed by atoms with E-state index in [0.717, 1.165) is 24.6 Å². The average Bonchev–Trinajstić information content (AvgIpc) is 3.18. The minimum atomic E-state index is 0.100. The number of hydrogen-bond acceptors (Lipinski definition) is 4. The molecule has 104 valence electrons. The number of hydrogen-bond donors (Lipinski definition) is 1. The van der Waals surface area contributed by atoms with Gasteiger partial charge in [0.25, 0.3) is 0 Å². The molecule has 1 heterocycles. The van der Waals surface area contributed by atoms with Gasteiger partial charge in [-0.15, -0.1) is 11.7 Å². The summed E-state index contributed by atoms with van der Waals surface area (Å²) in [5, 5.41) is 12.1. The van der Waals surface area contributed by atoms with Gasteiger partial charge in [0.1, 0.15) is 0 Å². The first-order chi connectivity index (χ1) is 8.99. The Bertz CT molecular complexity index is 415. The van der Waals surface area contributed by atoms with Crippen molar-refractivity contribution in [3.8, 4) is 0 Å².